The molecule has 0 bridgehead atoms. The van der Waals surface area contributed by atoms with Gasteiger partial charge in [-0.25, -0.2) is 0 Å². The first kappa shape index (κ1) is 33.3. The molecule has 5 rings (SSSR count). The van der Waals surface area contributed by atoms with Gasteiger partial charge in [0.25, 0.3) is 11.8 Å². The van der Waals surface area contributed by atoms with Crippen LogP contribution in [0.4, 0.5) is 0 Å². The van der Waals surface area contributed by atoms with Gasteiger partial charge in [0.15, 0.2) is 11.5 Å². The summed E-state index contributed by atoms with van der Waals surface area (Å²) in [7, 11) is 3.28. The van der Waals surface area contributed by atoms with E-state index in [1.165, 1.54) is 37.7 Å². The summed E-state index contributed by atoms with van der Waals surface area (Å²) in [6.07, 6.45) is 9.24. The molecule has 45 heavy (non-hydrogen) atoms. The predicted molar refractivity (Wildman–Crippen MR) is 177 cm³/mol. The highest BCUT2D eigenvalue weighted by atomic mass is 16.5. The van der Waals surface area contributed by atoms with Crippen LogP contribution >= 0.6 is 0 Å². The van der Waals surface area contributed by atoms with Crippen LogP contribution in [0.5, 0.6) is 11.5 Å². The zero-order valence-corrected chi connectivity index (χ0v) is 27.8. The Bertz CT molecular complexity index is 1270. The summed E-state index contributed by atoms with van der Waals surface area (Å²) < 4.78 is 16.6. The number of nitrogens with zero attached hydrogens (tertiary/aromatic N) is 2. The summed E-state index contributed by atoms with van der Waals surface area (Å²) in [5.41, 5.74) is 2.73. The van der Waals surface area contributed by atoms with Crippen LogP contribution in [0.3, 0.4) is 0 Å². The van der Waals surface area contributed by atoms with Gasteiger partial charge in [0.05, 0.1) is 13.7 Å². The number of benzene rings is 2. The first-order valence-corrected chi connectivity index (χ1v) is 17.1. The number of ether oxygens (including phenoxy) is 3. The summed E-state index contributed by atoms with van der Waals surface area (Å²) in [5, 5.41) is 3.58. The Balaban J connectivity index is 1.27. The van der Waals surface area contributed by atoms with E-state index >= 15 is 0 Å². The second kappa shape index (κ2) is 15.9. The van der Waals surface area contributed by atoms with Crippen LogP contribution in [-0.2, 0) is 4.74 Å². The predicted octanol–water partition coefficient (Wildman–Crippen LogP) is 6.15. The molecule has 2 aromatic rings. The summed E-state index contributed by atoms with van der Waals surface area (Å²) in [4.78, 5) is 32.0. The quantitative estimate of drug-likeness (QED) is 0.241. The van der Waals surface area contributed by atoms with E-state index < -0.39 is 0 Å². The highest BCUT2D eigenvalue weighted by Gasteiger charge is 2.39. The van der Waals surface area contributed by atoms with Crippen molar-refractivity contribution in [3.8, 4) is 11.5 Å². The summed E-state index contributed by atoms with van der Waals surface area (Å²) in [6, 6.07) is 14.2. The molecule has 2 aromatic carbocycles. The minimum absolute atomic E-state index is 0.0188. The van der Waals surface area contributed by atoms with Crippen molar-refractivity contribution in [2.75, 3.05) is 53.6 Å². The molecule has 3 aliphatic rings. The molecule has 0 radical (unpaired) electrons. The number of rotatable bonds is 15. The molecule has 1 heterocycles. The number of hydrogen-bond donors (Lipinski definition) is 1. The standard InChI is InChI=1S/C37H53N3O5/c1-26(2)39(36(41)30-14-17-34(44-4)35(21-30)45-19-9-18-43-3)24-31-22-38-23-32(31)25-40(33-15-16-33)37(42)29-13-8-12-28(20-29)27-10-6-5-7-11-27/h8,12-14,17,20-21,26-27,31-33,38H,5-7,9-11,15-16,18-19,22-25H2,1-4H3. The molecule has 0 spiro atoms. The first-order valence-electron chi connectivity index (χ1n) is 17.1. The lowest BCUT2D eigenvalue weighted by Gasteiger charge is -2.34. The van der Waals surface area contributed by atoms with Crippen molar-refractivity contribution in [2.45, 2.75) is 83.2 Å². The van der Waals surface area contributed by atoms with Gasteiger partial charge in [-0.1, -0.05) is 31.4 Å². The van der Waals surface area contributed by atoms with Gasteiger partial charge in [0.2, 0.25) is 0 Å². The third-order valence-electron chi connectivity index (χ3n) is 9.85. The van der Waals surface area contributed by atoms with E-state index in [4.69, 9.17) is 14.2 Å². The zero-order chi connectivity index (χ0) is 31.8. The minimum Gasteiger partial charge on any atom is -0.493 e. The number of carbonyl (C=O) groups excluding carboxylic acids is 2. The maximum absolute atomic E-state index is 14.0. The average molecular weight is 620 g/mol. The van der Waals surface area contributed by atoms with Crippen molar-refractivity contribution >= 4 is 11.8 Å². The lowest BCUT2D eigenvalue weighted by molar-refractivity contribution is 0.0613. The molecule has 2 atom stereocenters. The largest absolute Gasteiger partial charge is 0.493 e. The fourth-order valence-corrected chi connectivity index (χ4v) is 7.03. The number of methoxy groups -OCH3 is 2. The van der Waals surface area contributed by atoms with Gasteiger partial charge in [-0.05, 0) is 93.2 Å². The van der Waals surface area contributed by atoms with Gasteiger partial charge >= 0.3 is 0 Å². The Morgan fingerprint density at radius 3 is 2.27 bits per heavy atom. The smallest absolute Gasteiger partial charge is 0.254 e. The van der Waals surface area contributed by atoms with E-state index in [0.29, 0.717) is 48.8 Å². The van der Waals surface area contributed by atoms with Crippen LogP contribution < -0.4 is 14.8 Å². The van der Waals surface area contributed by atoms with E-state index in [1.807, 2.05) is 17.0 Å². The van der Waals surface area contributed by atoms with Gasteiger partial charge < -0.3 is 29.3 Å². The molecular weight excluding hydrogens is 566 g/mol. The van der Waals surface area contributed by atoms with Crippen molar-refractivity contribution in [1.29, 1.82) is 0 Å². The minimum atomic E-state index is -0.0188. The SMILES string of the molecule is COCCCOc1cc(C(=O)N(CC2CNCC2CN(C(=O)c2cccc(C3CCCCC3)c2)C2CC2)C(C)C)ccc1OC. The molecule has 3 fully saturated rings. The fraction of sp³-hybridized carbons (Fsp3) is 0.622. The second-order valence-corrected chi connectivity index (χ2v) is 13.4. The number of nitrogens with one attached hydrogen (secondary N) is 1. The Kier molecular flexibility index (Phi) is 11.8. The van der Waals surface area contributed by atoms with E-state index in [9.17, 15) is 9.59 Å². The highest BCUT2D eigenvalue weighted by molar-refractivity contribution is 5.95. The van der Waals surface area contributed by atoms with Crippen LogP contribution in [-0.4, -0.2) is 87.3 Å². The Morgan fingerprint density at radius 1 is 0.844 bits per heavy atom. The van der Waals surface area contributed by atoms with Crippen molar-refractivity contribution < 1.29 is 23.8 Å². The van der Waals surface area contributed by atoms with Crippen LogP contribution in [0.2, 0.25) is 0 Å². The summed E-state index contributed by atoms with van der Waals surface area (Å²) in [5.74, 6) is 2.42. The van der Waals surface area contributed by atoms with Crippen LogP contribution in [0.25, 0.3) is 0 Å². The lowest BCUT2D eigenvalue weighted by Crippen LogP contribution is -2.45. The summed E-state index contributed by atoms with van der Waals surface area (Å²) >= 11 is 0. The zero-order valence-electron chi connectivity index (χ0n) is 27.8. The average Bonchev–Trinajstić information content (AvgIpc) is 3.82. The van der Waals surface area contributed by atoms with E-state index in [-0.39, 0.29) is 29.7 Å². The monoisotopic (exact) mass is 619 g/mol. The number of amides is 2. The molecule has 8 nitrogen and oxygen atoms in total. The molecule has 1 saturated heterocycles. The number of hydrogen-bond acceptors (Lipinski definition) is 6. The van der Waals surface area contributed by atoms with Crippen molar-refractivity contribution in [3.63, 3.8) is 0 Å². The molecule has 2 aliphatic carbocycles. The Morgan fingerprint density at radius 2 is 1.58 bits per heavy atom. The molecule has 2 amide bonds. The molecule has 0 aromatic heterocycles. The summed E-state index contributed by atoms with van der Waals surface area (Å²) in [6.45, 7) is 8.26. The van der Waals surface area contributed by atoms with Crippen LogP contribution in [0.15, 0.2) is 42.5 Å². The number of carbonyl (C=O) groups is 2. The highest BCUT2D eigenvalue weighted by Crippen LogP contribution is 2.35. The van der Waals surface area contributed by atoms with Crippen molar-refractivity contribution in [2.24, 2.45) is 11.8 Å². The van der Waals surface area contributed by atoms with E-state index in [2.05, 4.69) is 42.3 Å². The second-order valence-electron chi connectivity index (χ2n) is 13.4. The maximum Gasteiger partial charge on any atom is 0.254 e. The third-order valence-corrected chi connectivity index (χ3v) is 9.85. The molecule has 246 valence electrons. The molecule has 2 saturated carbocycles. The molecule has 1 N–H and O–H groups in total. The molecule has 2 unspecified atom stereocenters. The van der Waals surface area contributed by atoms with Crippen molar-refractivity contribution in [3.05, 3.63) is 59.2 Å². The van der Waals surface area contributed by atoms with Gasteiger partial charge in [-0.2, -0.15) is 0 Å². The third kappa shape index (κ3) is 8.59. The van der Waals surface area contributed by atoms with Gasteiger partial charge in [0.1, 0.15) is 0 Å². The van der Waals surface area contributed by atoms with Gasteiger partial charge in [-0.15, -0.1) is 0 Å². The van der Waals surface area contributed by atoms with Gasteiger partial charge in [0, 0.05) is 69.5 Å². The first-order chi connectivity index (χ1) is 21.9. The fourth-order valence-electron chi connectivity index (χ4n) is 7.03. The van der Waals surface area contributed by atoms with Crippen molar-refractivity contribution in [1.82, 2.24) is 15.1 Å². The van der Waals surface area contributed by atoms with Gasteiger partial charge in [-0.3, -0.25) is 9.59 Å². The molecule has 1 aliphatic heterocycles. The van der Waals surface area contributed by atoms with E-state index in [1.54, 1.807) is 26.4 Å². The lowest BCUT2D eigenvalue weighted by atomic mass is 9.83. The van der Waals surface area contributed by atoms with E-state index in [0.717, 1.165) is 44.5 Å². The Hall–Kier alpha value is -3.10. The van der Waals surface area contributed by atoms with Crippen LogP contribution in [0.1, 0.15) is 97.4 Å². The van der Waals surface area contributed by atoms with Crippen LogP contribution in [0, 0.1) is 11.8 Å². The normalized spacial score (nSPS) is 20.3. The topological polar surface area (TPSA) is 80.3 Å². The maximum atomic E-state index is 14.0. The Labute approximate surface area is 269 Å². The molecular formula is C37H53N3O5. The molecule has 8 heteroatoms.